The van der Waals surface area contributed by atoms with E-state index in [2.05, 4.69) is 26.0 Å². The number of benzene rings is 2. The predicted molar refractivity (Wildman–Crippen MR) is 99.1 cm³/mol. The van der Waals surface area contributed by atoms with Crippen molar-refractivity contribution in [2.75, 3.05) is 13.2 Å². The van der Waals surface area contributed by atoms with Crippen LogP contribution in [0.3, 0.4) is 0 Å². The van der Waals surface area contributed by atoms with Crippen molar-refractivity contribution >= 4 is 29.0 Å². The Bertz CT molecular complexity index is 640. The summed E-state index contributed by atoms with van der Waals surface area (Å²) in [5.74, 6) is 0. The van der Waals surface area contributed by atoms with Gasteiger partial charge in [0.15, 0.2) is 0 Å². The second-order valence-corrected chi connectivity index (χ2v) is 9.31. The summed E-state index contributed by atoms with van der Waals surface area (Å²) in [6, 6.07) is 14.1. The van der Waals surface area contributed by atoms with Crippen molar-refractivity contribution in [3.8, 4) is 0 Å². The molecule has 0 N–H and O–H groups in total. The van der Waals surface area contributed by atoms with E-state index in [0.29, 0.717) is 13.2 Å². The Labute approximate surface area is 143 Å². The van der Waals surface area contributed by atoms with E-state index in [1.807, 2.05) is 30.3 Å². The second-order valence-electron chi connectivity index (χ2n) is 5.39. The fourth-order valence-electron chi connectivity index (χ4n) is 2.13. The average molecular weight is 352 g/mol. The molecular formula is C18H25O3PS. The highest BCUT2D eigenvalue weighted by molar-refractivity contribution is 8.55. The summed E-state index contributed by atoms with van der Waals surface area (Å²) in [7, 11) is 0. The third-order valence-corrected chi connectivity index (χ3v) is 7.12. The minimum Gasteiger partial charge on any atom is -0.301 e. The van der Waals surface area contributed by atoms with E-state index in [9.17, 15) is 4.57 Å². The van der Waals surface area contributed by atoms with E-state index in [1.165, 1.54) is 11.4 Å². The summed E-state index contributed by atoms with van der Waals surface area (Å²) in [4.78, 5) is 0.944. The maximum absolute atomic E-state index is 13.1. The van der Waals surface area contributed by atoms with E-state index in [0.717, 1.165) is 41.4 Å². The maximum Gasteiger partial charge on any atom is 0.393 e. The van der Waals surface area contributed by atoms with Crippen molar-refractivity contribution in [2.45, 2.75) is 44.4 Å². The van der Waals surface area contributed by atoms with Gasteiger partial charge in [0.05, 0.1) is 13.2 Å². The summed E-state index contributed by atoms with van der Waals surface area (Å²) < 4.78 is 24.4. The van der Waals surface area contributed by atoms with Gasteiger partial charge in [0.1, 0.15) is 0 Å². The standard InChI is InChI=1S/C18H25O3PS/c1-3-5-14-20-22(19,21-15-6-4-2)23-18-13-9-11-16-10-7-8-12-17(16)18/h7-13H,3-6,14-15H2,1-2H3. The van der Waals surface area contributed by atoms with Crippen LogP contribution >= 0.6 is 18.2 Å². The maximum atomic E-state index is 13.1. The molecule has 0 aliphatic heterocycles. The summed E-state index contributed by atoms with van der Waals surface area (Å²) >= 11 is 1.23. The fourth-order valence-corrected chi connectivity index (χ4v) is 5.64. The zero-order valence-corrected chi connectivity index (χ0v) is 15.6. The SMILES string of the molecule is CCCCOP(=O)(OCCCC)Sc1cccc2ccccc12. The van der Waals surface area contributed by atoms with Crippen molar-refractivity contribution in [1.29, 1.82) is 0 Å². The number of fused-ring (bicyclic) bond motifs is 1. The smallest absolute Gasteiger partial charge is 0.301 e. The molecule has 0 heterocycles. The Hall–Kier alpha value is -0.800. The molecule has 2 aromatic rings. The topological polar surface area (TPSA) is 35.5 Å². The van der Waals surface area contributed by atoms with Crippen LogP contribution in [0.4, 0.5) is 0 Å². The first-order valence-electron chi connectivity index (χ1n) is 8.25. The first kappa shape index (κ1) is 18.5. The van der Waals surface area contributed by atoms with E-state index in [4.69, 9.17) is 9.05 Å². The van der Waals surface area contributed by atoms with Gasteiger partial charge in [-0.1, -0.05) is 63.1 Å². The number of hydrogen-bond donors (Lipinski definition) is 0. The summed E-state index contributed by atoms with van der Waals surface area (Å²) in [5.41, 5.74) is 0. The summed E-state index contributed by atoms with van der Waals surface area (Å²) in [5, 5.41) is 2.21. The van der Waals surface area contributed by atoms with Crippen molar-refractivity contribution < 1.29 is 13.6 Å². The van der Waals surface area contributed by atoms with Gasteiger partial charge in [0.2, 0.25) is 0 Å². The molecule has 0 aliphatic carbocycles. The Kier molecular flexibility index (Phi) is 7.64. The Morgan fingerprint density at radius 3 is 2.17 bits per heavy atom. The van der Waals surface area contributed by atoms with Gasteiger partial charge in [-0.25, -0.2) is 4.57 Å². The Morgan fingerprint density at radius 2 is 1.52 bits per heavy atom. The first-order valence-corrected chi connectivity index (χ1v) is 11.2. The van der Waals surface area contributed by atoms with Crippen molar-refractivity contribution in [3.05, 3.63) is 42.5 Å². The lowest BCUT2D eigenvalue weighted by Gasteiger charge is -2.18. The van der Waals surface area contributed by atoms with E-state index in [1.54, 1.807) is 0 Å². The molecule has 0 aromatic heterocycles. The second kappa shape index (κ2) is 9.48. The van der Waals surface area contributed by atoms with Gasteiger partial charge in [-0.2, -0.15) is 0 Å². The third kappa shape index (κ3) is 5.65. The summed E-state index contributed by atoms with van der Waals surface area (Å²) in [6.07, 6.45) is 3.79. The fraction of sp³-hybridized carbons (Fsp3) is 0.444. The average Bonchev–Trinajstić information content (AvgIpc) is 2.56. The van der Waals surface area contributed by atoms with Crippen LogP contribution in [0.5, 0.6) is 0 Å². The molecule has 0 spiro atoms. The van der Waals surface area contributed by atoms with Crippen LogP contribution in [-0.2, 0) is 13.6 Å². The number of unbranched alkanes of at least 4 members (excludes halogenated alkanes) is 2. The molecule has 0 bridgehead atoms. The van der Waals surface area contributed by atoms with Crippen molar-refractivity contribution in [2.24, 2.45) is 0 Å². The third-order valence-electron chi connectivity index (χ3n) is 3.45. The van der Waals surface area contributed by atoms with Crippen LogP contribution in [0.25, 0.3) is 10.8 Å². The lowest BCUT2D eigenvalue weighted by atomic mass is 10.1. The molecule has 5 heteroatoms. The molecule has 0 fully saturated rings. The van der Waals surface area contributed by atoms with Gasteiger partial charge < -0.3 is 9.05 Å². The molecule has 2 rings (SSSR count). The molecule has 3 nitrogen and oxygen atoms in total. The van der Waals surface area contributed by atoms with Crippen LogP contribution in [0.15, 0.2) is 47.4 Å². The lowest BCUT2D eigenvalue weighted by Crippen LogP contribution is -1.97. The van der Waals surface area contributed by atoms with E-state index in [-0.39, 0.29) is 0 Å². The van der Waals surface area contributed by atoms with Crippen LogP contribution < -0.4 is 0 Å². The normalized spacial score (nSPS) is 11.9. The summed E-state index contributed by atoms with van der Waals surface area (Å²) in [6.45, 7) is 1.93. The number of rotatable bonds is 10. The first-order chi connectivity index (χ1) is 11.2. The molecule has 0 radical (unpaired) electrons. The van der Waals surface area contributed by atoms with Gasteiger partial charge in [-0.15, -0.1) is 0 Å². The van der Waals surface area contributed by atoms with Gasteiger partial charge in [-0.3, -0.25) is 0 Å². The van der Waals surface area contributed by atoms with Gasteiger partial charge in [0, 0.05) is 4.90 Å². The minimum atomic E-state index is -3.19. The molecule has 2 aromatic carbocycles. The highest BCUT2D eigenvalue weighted by Crippen LogP contribution is 2.64. The molecule has 0 saturated carbocycles. The molecule has 0 amide bonds. The van der Waals surface area contributed by atoms with E-state index >= 15 is 0 Å². The van der Waals surface area contributed by atoms with Crippen LogP contribution in [0, 0.1) is 0 Å². The minimum absolute atomic E-state index is 0.470. The predicted octanol–water partition coefficient (Wildman–Crippen LogP) is 6.67. The molecular weight excluding hydrogens is 327 g/mol. The van der Waals surface area contributed by atoms with Crippen molar-refractivity contribution in [1.82, 2.24) is 0 Å². The van der Waals surface area contributed by atoms with Gasteiger partial charge in [-0.05, 0) is 41.1 Å². The van der Waals surface area contributed by atoms with Gasteiger partial charge in [0.25, 0.3) is 0 Å². The van der Waals surface area contributed by atoms with Crippen molar-refractivity contribution in [3.63, 3.8) is 0 Å². The van der Waals surface area contributed by atoms with Crippen LogP contribution in [-0.4, -0.2) is 13.2 Å². The molecule has 0 unspecified atom stereocenters. The zero-order chi connectivity index (χ0) is 16.5. The molecule has 0 aliphatic rings. The lowest BCUT2D eigenvalue weighted by molar-refractivity contribution is 0.215. The van der Waals surface area contributed by atoms with Gasteiger partial charge >= 0.3 is 6.80 Å². The van der Waals surface area contributed by atoms with E-state index < -0.39 is 6.80 Å². The Balaban J connectivity index is 2.19. The van der Waals surface area contributed by atoms with Crippen LogP contribution in [0.1, 0.15) is 39.5 Å². The Morgan fingerprint density at radius 1 is 0.913 bits per heavy atom. The quantitative estimate of drug-likeness (QED) is 0.353. The molecule has 0 saturated heterocycles. The largest absolute Gasteiger partial charge is 0.393 e. The highest BCUT2D eigenvalue weighted by Gasteiger charge is 2.27. The number of hydrogen-bond acceptors (Lipinski definition) is 4. The molecule has 126 valence electrons. The molecule has 0 atom stereocenters. The molecule has 23 heavy (non-hydrogen) atoms. The highest BCUT2D eigenvalue weighted by atomic mass is 32.7. The zero-order valence-electron chi connectivity index (χ0n) is 13.9. The van der Waals surface area contributed by atoms with Crippen LogP contribution in [0.2, 0.25) is 0 Å². The monoisotopic (exact) mass is 352 g/mol.